The third-order valence-corrected chi connectivity index (χ3v) is 5.06. The van der Waals surface area contributed by atoms with Crippen LogP contribution in [0.4, 0.5) is 13.2 Å². The lowest BCUT2D eigenvalue weighted by Gasteiger charge is -2.36. The Morgan fingerprint density at radius 2 is 1.85 bits per heavy atom. The van der Waals surface area contributed by atoms with Gasteiger partial charge in [0.25, 0.3) is 0 Å². The molecule has 1 atom stereocenters. The average molecular weight is 384 g/mol. The van der Waals surface area contributed by atoms with Gasteiger partial charge < -0.3 is 14.5 Å². The van der Waals surface area contributed by atoms with Crippen LogP contribution in [-0.4, -0.2) is 61.0 Å². The van der Waals surface area contributed by atoms with Gasteiger partial charge in [-0.1, -0.05) is 18.2 Å². The highest BCUT2D eigenvalue weighted by atomic mass is 19.4. The summed E-state index contributed by atoms with van der Waals surface area (Å²) in [6.07, 6.45) is -3.08. The van der Waals surface area contributed by atoms with Gasteiger partial charge in [-0.3, -0.25) is 9.59 Å². The van der Waals surface area contributed by atoms with E-state index in [1.165, 1.54) is 12.1 Å². The summed E-state index contributed by atoms with van der Waals surface area (Å²) >= 11 is 0. The summed E-state index contributed by atoms with van der Waals surface area (Å²) in [6.45, 7) is 3.03. The molecule has 2 aliphatic rings. The molecule has 2 amide bonds. The standard InChI is InChI=1S/C19H23F3N2O3/c20-19(21,22)16-5-1-3-14(11-16)12-17(25)24-6-2-4-15(13-24)18(26)23-7-9-27-10-8-23/h1,3,5,11,15H,2,4,6-10,12-13H2. The van der Waals surface area contributed by atoms with Crippen molar-refractivity contribution in [1.29, 1.82) is 0 Å². The summed E-state index contributed by atoms with van der Waals surface area (Å²) in [5, 5.41) is 0. The van der Waals surface area contributed by atoms with Crippen molar-refractivity contribution in [3.8, 4) is 0 Å². The van der Waals surface area contributed by atoms with E-state index in [9.17, 15) is 22.8 Å². The summed E-state index contributed by atoms with van der Waals surface area (Å²) in [5.41, 5.74) is -0.428. The van der Waals surface area contributed by atoms with Crippen molar-refractivity contribution in [3.63, 3.8) is 0 Å². The van der Waals surface area contributed by atoms with Crippen LogP contribution in [0.5, 0.6) is 0 Å². The van der Waals surface area contributed by atoms with Gasteiger partial charge in [0.05, 0.1) is 31.1 Å². The summed E-state index contributed by atoms with van der Waals surface area (Å²) < 4.78 is 43.7. The monoisotopic (exact) mass is 384 g/mol. The normalized spacial score (nSPS) is 21.2. The van der Waals surface area contributed by atoms with E-state index in [4.69, 9.17) is 4.74 Å². The van der Waals surface area contributed by atoms with Crippen LogP contribution in [0.15, 0.2) is 24.3 Å². The second-order valence-electron chi connectivity index (χ2n) is 6.99. The number of rotatable bonds is 3. The number of morpholine rings is 1. The molecular weight excluding hydrogens is 361 g/mol. The zero-order valence-corrected chi connectivity index (χ0v) is 15.0. The number of nitrogens with zero attached hydrogens (tertiary/aromatic N) is 2. The Bertz CT molecular complexity index is 687. The number of piperidine rings is 1. The van der Waals surface area contributed by atoms with Crippen LogP contribution in [0.25, 0.3) is 0 Å². The molecule has 0 bridgehead atoms. The van der Waals surface area contributed by atoms with Crippen LogP contribution in [-0.2, 0) is 26.9 Å². The van der Waals surface area contributed by atoms with E-state index in [1.54, 1.807) is 9.80 Å². The molecule has 1 aromatic rings. The first kappa shape index (κ1) is 19.7. The number of hydrogen-bond acceptors (Lipinski definition) is 3. The number of likely N-dealkylation sites (tertiary alicyclic amines) is 1. The molecule has 8 heteroatoms. The molecule has 2 fully saturated rings. The summed E-state index contributed by atoms with van der Waals surface area (Å²) in [5.74, 6) is -0.453. The Morgan fingerprint density at radius 3 is 2.56 bits per heavy atom. The van der Waals surface area contributed by atoms with Crippen molar-refractivity contribution in [2.24, 2.45) is 5.92 Å². The highest BCUT2D eigenvalue weighted by molar-refractivity contribution is 5.82. The SMILES string of the molecule is O=C(Cc1cccc(C(F)(F)F)c1)N1CCCC(C(=O)N2CCOCC2)C1. The first-order valence-electron chi connectivity index (χ1n) is 9.15. The van der Waals surface area contributed by atoms with Gasteiger partial charge in [0.15, 0.2) is 0 Å². The molecule has 27 heavy (non-hydrogen) atoms. The van der Waals surface area contributed by atoms with Gasteiger partial charge in [-0.15, -0.1) is 0 Å². The van der Waals surface area contributed by atoms with Crippen molar-refractivity contribution in [2.75, 3.05) is 39.4 Å². The molecule has 3 rings (SSSR count). The maximum Gasteiger partial charge on any atom is 0.416 e. The molecule has 0 N–H and O–H groups in total. The second kappa shape index (κ2) is 8.29. The first-order chi connectivity index (χ1) is 12.8. The van der Waals surface area contributed by atoms with E-state index in [1.807, 2.05) is 0 Å². The fourth-order valence-corrected chi connectivity index (χ4v) is 3.59. The number of alkyl halides is 3. The van der Waals surface area contributed by atoms with Crippen LogP contribution < -0.4 is 0 Å². The molecule has 0 saturated carbocycles. The van der Waals surface area contributed by atoms with Gasteiger partial charge in [0.1, 0.15) is 0 Å². The van der Waals surface area contributed by atoms with Gasteiger partial charge in [-0.05, 0) is 24.5 Å². The van der Waals surface area contributed by atoms with E-state index < -0.39 is 11.7 Å². The summed E-state index contributed by atoms with van der Waals surface area (Å²) in [6, 6.07) is 4.84. The smallest absolute Gasteiger partial charge is 0.378 e. The molecule has 0 radical (unpaired) electrons. The quantitative estimate of drug-likeness (QED) is 0.804. The number of ether oxygens (including phenoxy) is 1. The second-order valence-corrected chi connectivity index (χ2v) is 6.99. The minimum absolute atomic E-state index is 0.0369. The Labute approximate surface area is 156 Å². The molecule has 148 valence electrons. The van der Waals surface area contributed by atoms with Crippen LogP contribution in [0.1, 0.15) is 24.0 Å². The highest BCUT2D eigenvalue weighted by Gasteiger charge is 2.33. The Kier molecular flexibility index (Phi) is 6.04. The lowest BCUT2D eigenvalue weighted by Crippen LogP contribution is -2.49. The van der Waals surface area contributed by atoms with Gasteiger partial charge in [-0.2, -0.15) is 13.2 Å². The number of benzene rings is 1. The number of carbonyl (C=O) groups excluding carboxylic acids is 2. The van der Waals surface area contributed by atoms with E-state index in [0.29, 0.717) is 45.0 Å². The number of halogens is 3. The molecular formula is C19H23F3N2O3. The van der Waals surface area contributed by atoms with Gasteiger partial charge in [0.2, 0.25) is 11.8 Å². The topological polar surface area (TPSA) is 49.9 Å². The van der Waals surface area contributed by atoms with Crippen LogP contribution in [0.3, 0.4) is 0 Å². The van der Waals surface area contributed by atoms with Crippen LogP contribution in [0, 0.1) is 5.92 Å². The maximum absolute atomic E-state index is 12.8. The summed E-state index contributed by atoms with van der Waals surface area (Å²) in [4.78, 5) is 28.6. The van der Waals surface area contributed by atoms with Crippen molar-refractivity contribution < 1.29 is 27.5 Å². The van der Waals surface area contributed by atoms with E-state index in [0.717, 1.165) is 25.0 Å². The van der Waals surface area contributed by atoms with E-state index in [2.05, 4.69) is 0 Å². The lowest BCUT2D eigenvalue weighted by atomic mass is 9.95. The van der Waals surface area contributed by atoms with Crippen LogP contribution in [0.2, 0.25) is 0 Å². The summed E-state index contributed by atoms with van der Waals surface area (Å²) in [7, 11) is 0. The molecule has 2 saturated heterocycles. The van der Waals surface area contributed by atoms with Crippen LogP contribution >= 0.6 is 0 Å². The maximum atomic E-state index is 12.8. The first-order valence-corrected chi connectivity index (χ1v) is 9.15. The average Bonchev–Trinajstić information content (AvgIpc) is 2.68. The molecule has 2 heterocycles. The predicted molar refractivity (Wildman–Crippen MR) is 91.9 cm³/mol. The molecule has 2 aliphatic heterocycles. The van der Waals surface area contributed by atoms with Crippen molar-refractivity contribution in [1.82, 2.24) is 9.80 Å². The Morgan fingerprint density at radius 1 is 1.11 bits per heavy atom. The fraction of sp³-hybridized carbons (Fsp3) is 0.579. The zero-order valence-electron chi connectivity index (χ0n) is 15.0. The molecule has 0 spiro atoms. The molecule has 5 nitrogen and oxygen atoms in total. The zero-order chi connectivity index (χ0) is 19.4. The van der Waals surface area contributed by atoms with Gasteiger partial charge >= 0.3 is 6.18 Å². The number of hydrogen-bond donors (Lipinski definition) is 0. The van der Waals surface area contributed by atoms with E-state index >= 15 is 0 Å². The molecule has 0 aromatic heterocycles. The van der Waals surface area contributed by atoms with E-state index in [-0.39, 0.29) is 24.2 Å². The fourth-order valence-electron chi connectivity index (χ4n) is 3.59. The third kappa shape index (κ3) is 5.00. The van der Waals surface area contributed by atoms with Gasteiger partial charge in [0, 0.05) is 26.2 Å². The molecule has 1 unspecified atom stereocenters. The van der Waals surface area contributed by atoms with Crippen molar-refractivity contribution in [3.05, 3.63) is 35.4 Å². The predicted octanol–water partition coefficient (Wildman–Crippen LogP) is 2.35. The lowest BCUT2D eigenvalue weighted by molar-refractivity contribution is -0.144. The Hall–Kier alpha value is -2.09. The minimum atomic E-state index is -4.43. The largest absolute Gasteiger partial charge is 0.416 e. The highest BCUT2D eigenvalue weighted by Crippen LogP contribution is 2.30. The number of carbonyl (C=O) groups is 2. The molecule has 1 aromatic carbocycles. The van der Waals surface area contributed by atoms with Gasteiger partial charge in [-0.25, -0.2) is 0 Å². The Balaban J connectivity index is 1.60. The third-order valence-electron chi connectivity index (χ3n) is 5.06. The molecule has 0 aliphatic carbocycles. The number of amides is 2. The minimum Gasteiger partial charge on any atom is -0.378 e. The van der Waals surface area contributed by atoms with Crippen molar-refractivity contribution >= 4 is 11.8 Å². The van der Waals surface area contributed by atoms with Crippen molar-refractivity contribution in [2.45, 2.75) is 25.4 Å².